The first-order valence-electron chi connectivity index (χ1n) is 7.19. The maximum absolute atomic E-state index is 13.7. The molecule has 0 amide bonds. The van der Waals surface area contributed by atoms with Gasteiger partial charge in [0.1, 0.15) is 16.5 Å². The van der Waals surface area contributed by atoms with Gasteiger partial charge in [0.15, 0.2) is 0 Å². The number of fused-ring (bicyclic) bond motifs is 1. The fourth-order valence-electron chi connectivity index (χ4n) is 3.34. The van der Waals surface area contributed by atoms with Gasteiger partial charge in [-0.2, -0.15) is 0 Å². The summed E-state index contributed by atoms with van der Waals surface area (Å²) in [5, 5.41) is 0. The topological polar surface area (TPSA) is 49.4 Å². The van der Waals surface area contributed by atoms with Crippen LogP contribution in [0.1, 0.15) is 25.7 Å². The van der Waals surface area contributed by atoms with Crippen molar-refractivity contribution >= 4 is 10.0 Å². The van der Waals surface area contributed by atoms with Crippen LogP contribution in [0.4, 0.5) is 8.78 Å². The molecule has 1 N–H and O–H groups in total. The van der Waals surface area contributed by atoms with E-state index >= 15 is 0 Å². The van der Waals surface area contributed by atoms with E-state index in [1.807, 2.05) is 0 Å². The van der Waals surface area contributed by atoms with Gasteiger partial charge < -0.3 is 0 Å². The van der Waals surface area contributed by atoms with Crippen LogP contribution >= 0.6 is 0 Å². The van der Waals surface area contributed by atoms with Crippen molar-refractivity contribution in [2.45, 2.75) is 42.7 Å². The van der Waals surface area contributed by atoms with Crippen LogP contribution in [0.25, 0.3) is 0 Å². The Bertz CT molecular complexity index is 636. The Morgan fingerprint density at radius 1 is 1.14 bits per heavy atom. The van der Waals surface area contributed by atoms with E-state index in [2.05, 4.69) is 9.62 Å². The Kier molecular flexibility index (Phi) is 3.98. The van der Waals surface area contributed by atoms with Gasteiger partial charge in [-0.1, -0.05) is 6.42 Å². The minimum atomic E-state index is -3.96. The third-order valence-electron chi connectivity index (χ3n) is 4.35. The number of nitrogens with zero attached hydrogens (tertiary/aromatic N) is 1. The van der Waals surface area contributed by atoms with Crippen molar-refractivity contribution < 1.29 is 17.2 Å². The van der Waals surface area contributed by atoms with Crippen LogP contribution in [0.2, 0.25) is 0 Å². The van der Waals surface area contributed by atoms with Crippen LogP contribution in [0.5, 0.6) is 0 Å². The quantitative estimate of drug-likeness (QED) is 0.926. The van der Waals surface area contributed by atoms with Gasteiger partial charge in [0.25, 0.3) is 0 Å². The smallest absolute Gasteiger partial charge is 0.243 e. The molecule has 0 spiro atoms. The molecule has 1 aromatic carbocycles. The zero-order valence-electron chi connectivity index (χ0n) is 11.6. The van der Waals surface area contributed by atoms with E-state index in [0.717, 1.165) is 50.9 Å². The first kappa shape index (κ1) is 14.9. The zero-order valence-corrected chi connectivity index (χ0v) is 12.4. The maximum atomic E-state index is 13.7. The predicted octanol–water partition coefficient (Wildman–Crippen LogP) is 1.87. The molecule has 0 saturated carbocycles. The first-order chi connectivity index (χ1) is 9.97. The Balaban J connectivity index is 1.80. The van der Waals surface area contributed by atoms with E-state index in [1.54, 1.807) is 0 Å². The van der Waals surface area contributed by atoms with Gasteiger partial charge in [-0.05, 0) is 37.9 Å². The van der Waals surface area contributed by atoms with Crippen molar-refractivity contribution in [3.8, 4) is 0 Å². The summed E-state index contributed by atoms with van der Waals surface area (Å²) in [6, 6.07) is 2.52. The molecule has 2 aliphatic rings. The van der Waals surface area contributed by atoms with Gasteiger partial charge in [-0.15, -0.1) is 0 Å². The Morgan fingerprint density at radius 3 is 2.71 bits per heavy atom. The van der Waals surface area contributed by atoms with Gasteiger partial charge in [0.05, 0.1) is 0 Å². The second kappa shape index (κ2) is 5.62. The second-order valence-corrected chi connectivity index (χ2v) is 7.37. The fraction of sp³-hybridized carbons (Fsp3) is 0.571. The van der Waals surface area contributed by atoms with Crippen molar-refractivity contribution in [3.63, 3.8) is 0 Å². The molecule has 0 bridgehead atoms. The highest BCUT2D eigenvalue weighted by atomic mass is 32.2. The molecule has 116 valence electrons. The molecule has 21 heavy (non-hydrogen) atoms. The molecule has 2 heterocycles. The SMILES string of the molecule is O=S(=O)(N[C@H]1CCN2CCCC[C@H]12)c1ccc(F)cc1F. The number of benzene rings is 1. The highest BCUT2D eigenvalue weighted by molar-refractivity contribution is 7.89. The molecule has 0 aromatic heterocycles. The molecule has 2 saturated heterocycles. The average molecular weight is 316 g/mol. The highest BCUT2D eigenvalue weighted by Crippen LogP contribution is 2.28. The van der Waals surface area contributed by atoms with E-state index in [1.165, 1.54) is 0 Å². The monoisotopic (exact) mass is 316 g/mol. The minimum absolute atomic E-state index is 0.192. The molecular weight excluding hydrogens is 298 g/mol. The van der Waals surface area contributed by atoms with Crippen LogP contribution in [0.15, 0.2) is 23.1 Å². The number of halogens is 2. The maximum Gasteiger partial charge on any atom is 0.243 e. The lowest BCUT2D eigenvalue weighted by atomic mass is 10.00. The molecule has 0 radical (unpaired) electrons. The molecule has 7 heteroatoms. The number of hydrogen-bond acceptors (Lipinski definition) is 3. The van der Waals surface area contributed by atoms with Crippen LogP contribution in [0, 0.1) is 11.6 Å². The van der Waals surface area contributed by atoms with Crippen molar-refractivity contribution in [3.05, 3.63) is 29.8 Å². The average Bonchev–Trinajstić information content (AvgIpc) is 2.81. The summed E-state index contributed by atoms with van der Waals surface area (Å²) < 4.78 is 53.8. The predicted molar refractivity (Wildman–Crippen MR) is 74.3 cm³/mol. The lowest BCUT2D eigenvalue weighted by Gasteiger charge is -2.32. The third-order valence-corrected chi connectivity index (χ3v) is 5.87. The molecule has 2 aliphatic heterocycles. The Morgan fingerprint density at radius 2 is 1.95 bits per heavy atom. The van der Waals surface area contributed by atoms with Gasteiger partial charge in [-0.3, -0.25) is 4.90 Å². The molecule has 2 atom stereocenters. The number of rotatable bonds is 3. The van der Waals surface area contributed by atoms with E-state index in [0.29, 0.717) is 6.07 Å². The molecule has 4 nitrogen and oxygen atoms in total. The normalized spacial score (nSPS) is 26.8. The molecule has 0 unspecified atom stereocenters. The lowest BCUT2D eigenvalue weighted by Crippen LogP contribution is -2.46. The summed E-state index contributed by atoms with van der Waals surface area (Å²) in [5.74, 6) is -1.84. The van der Waals surface area contributed by atoms with Crippen molar-refractivity contribution in [1.82, 2.24) is 9.62 Å². The van der Waals surface area contributed by atoms with E-state index in [-0.39, 0.29) is 12.1 Å². The summed E-state index contributed by atoms with van der Waals surface area (Å²) in [5.41, 5.74) is 0. The fourth-order valence-corrected chi connectivity index (χ4v) is 4.70. The zero-order chi connectivity index (χ0) is 15.0. The van der Waals surface area contributed by atoms with Crippen LogP contribution in [0.3, 0.4) is 0 Å². The van der Waals surface area contributed by atoms with E-state index < -0.39 is 26.6 Å². The van der Waals surface area contributed by atoms with Crippen molar-refractivity contribution in [2.24, 2.45) is 0 Å². The van der Waals surface area contributed by atoms with Crippen LogP contribution < -0.4 is 4.72 Å². The second-order valence-electron chi connectivity index (χ2n) is 5.69. The van der Waals surface area contributed by atoms with E-state index in [9.17, 15) is 17.2 Å². The molecular formula is C14H18F2N2O2S. The van der Waals surface area contributed by atoms with Crippen LogP contribution in [-0.4, -0.2) is 38.5 Å². The highest BCUT2D eigenvalue weighted by Gasteiger charge is 2.38. The van der Waals surface area contributed by atoms with Gasteiger partial charge in [-0.25, -0.2) is 21.9 Å². The van der Waals surface area contributed by atoms with Gasteiger partial charge >= 0.3 is 0 Å². The number of piperidine rings is 1. The number of nitrogens with one attached hydrogen (secondary N) is 1. The summed E-state index contributed by atoms with van der Waals surface area (Å²) in [7, 11) is -3.96. The summed E-state index contributed by atoms with van der Waals surface area (Å²) >= 11 is 0. The lowest BCUT2D eigenvalue weighted by molar-refractivity contribution is 0.186. The van der Waals surface area contributed by atoms with Crippen molar-refractivity contribution in [1.29, 1.82) is 0 Å². The Labute approximate surface area is 123 Å². The largest absolute Gasteiger partial charge is 0.299 e. The molecule has 3 rings (SSSR count). The van der Waals surface area contributed by atoms with E-state index in [4.69, 9.17) is 0 Å². The Hall–Kier alpha value is -1.05. The summed E-state index contributed by atoms with van der Waals surface area (Å²) in [6.45, 7) is 1.86. The number of sulfonamides is 1. The molecule has 2 fully saturated rings. The number of hydrogen-bond donors (Lipinski definition) is 1. The van der Waals surface area contributed by atoms with Crippen LogP contribution in [-0.2, 0) is 10.0 Å². The molecule has 1 aromatic rings. The standard InChI is InChI=1S/C14H18F2N2O2S/c15-10-4-5-14(11(16)9-10)21(19,20)17-12-6-8-18-7-2-1-3-13(12)18/h4-5,9,12-13,17H,1-3,6-8H2/t12-,13+/m0/s1. The van der Waals surface area contributed by atoms with Gasteiger partial charge in [0, 0.05) is 24.7 Å². The minimum Gasteiger partial charge on any atom is -0.299 e. The van der Waals surface area contributed by atoms with Crippen molar-refractivity contribution in [2.75, 3.05) is 13.1 Å². The van der Waals surface area contributed by atoms with Gasteiger partial charge in [0.2, 0.25) is 10.0 Å². The molecule has 0 aliphatic carbocycles. The first-order valence-corrected chi connectivity index (χ1v) is 8.67. The third kappa shape index (κ3) is 2.95. The summed E-state index contributed by atoms with van der Waals surface area (Å²) in [6.07, 6.45) is 3.92. The summed E-state index contributed by atoms with van der Waals surface area (Å²) in [4.78, 5) is 1.80.